The van der Waals surface area contributed by atoms with Crippen LogP contribution in [0.1, 0.15) is 0 Å². The number of phenols is 2. The Bertz CT molecular complexity index is 2600. The number of fused-ring (bicyclic) bond motifs is 1. The quantitative estimate of drug-likeness (QED) is 0.0306. The number of nitrogens with one attached hydrogen (secondary N) is 1. The average molecular weight is 1010 g/mol. The third kappa shape index (κ3) is 23.9. The minimum absolute atomic E-state index is 0. The number of phenolic OH excluding ortho intramolecular Hbond substituents is 2. The van der Waals surface area contributed by atoms with E-state index in [4.69, 9.17) is 35.0 Å². The average Bonchev–Trinajstić information content (AvgIpc) is 3.05. The summed E-state index contributed by atoms with van der Waals surface area (Å²) in [6.07, 6.45) is 0. The molecule has 0 bridgehead atoms. The zero-order chi connectivity index (χ0) is 41.3. The summed E-state index contributed by atoms with van der Waals surface area (Å²) in [5.41, 5.74) is 0.0544. The second-order valence-electron chi connectivity index (χ2n) is 9.83. The van der Waals surface area contributed by atoms with Crippen LogP contribution in [-0.4, -0.2) is 92.4 Å². The molecule has 307 valence electrons. The van der Waals surface area contributed by atoms with Crippen LogP contribution >= 0.6 is 0 Å². The number of benzene rings is 4. The number of anilines is 1. The zero-order valence-electron chi connectivity index (χ0n) is 31.0. The predicted octanol–water partition coefficient (Wildman–Crippen LogP) is -8.97. The van der Waals surface area contributed by atoms with E-state index >= 15 is 0 Å². The molecule has 0 saturated heterocycles. The van der Waals surface area contributed by atoms with Gasteiger partial charge >= 0.3 is 118 Å². The maximum absolute atomic E-state index is 12.0. The molecule has 0 aliphatic rings. The van der Waals surface area contributed by atoms with Crippen LogP contribution in [0.25, 0.3) is 10.8 Å². The van der Waals surface area contributed by atoms with Gasteiger partial charge in [-0.15, -0.1) is 5.11 Å². The van der Waals surface area contributed by atoms with Crippen LogP contribution in [0.15, 0.2) is 90.9 Å². The number of sulfone groups is 2. The molecule has 0 amide bonds. The first kappa shape index (κ1) is 65.4. The van der Waals surface area contributed by atoms with Crippen molar-refractivity contribution < 1.29 is 210 Å². The van der Waals surface area contributed by atoms with E-state index in [-0.39, 0.29) is 190 Å². The monoisotopic (exact) mass is 1010 g/mol. The second kappa shape index (κ2) is 27.9. The molecule has 4 rings (SSSR count). The Balaban J connectivity index is -0.000000902. The van der Waals surface area contributed by atoms with Crippen molar-refractivity contribution in [2.24, 2.45) is 20.5 Å². The van der Waals surface area contributed by atoms with E-state index < -0.39 is 73.7 Å². The van der Waals surface area contributed by atoms with Gasteiger partial charge in [-0.2, -0.15) is 27.5 Å². The Morgan fingerprint density at radius 3 is 1.58 bits per heavy atom. The summed E-state index contributed by atoms with van der Waals surface area (Å²) in [6, 6.07) is 15.7. The largest absolute Gasteiger partial charge is 1.00 e. The van der Waals surface area contributed by atoms with Gasteiger partial charge in [-0.05, 0) is 42.5 Å². The van der Waals surface area contributed by atoms with E-state index in [9.17, 15) is 40.0 Å². The van der Waals surface area contributed by atoms with Crippen molar-refractivity contribution in [2.75, 3.05) is 22.7 Å². The fourth-order valence-corrected chi connectivity index (χ4v) is 5.66. The maximum atomic E-state index is 12.0. The molecule has 0 fully saturated rings. The van der Waals surface area contributed by atoms with Crippen LogP contribution < -0.4 is 124 Å². The first-order valence-electron chi connectivity index (χ1n) is 13.7. The van der Waals surface area contributed by atoms with Gasteiger partial charge in [0.1, 0.15) is 27.4 Å². The summed E-state index contributed by atoms with van der Waals surface area (Å²) in [6.45, 7) is 6.74. The van der Waals surface area contributed by atoms with Crippen molar-refractivity contribution >= 4 is 89.8 Å². The second-order valence-corrected chi connectivity index (χ2v) is 17.2. The van der Waals surface area contributed by atoms with Gasteiger partial charge < -0.3 is 43.0 Å². The van der Waals surface area contributed by atoms with E-state index in [2.05, 4.69) is 45.7 Å². The van der Waals surface area contributed by atoms with E-state index in [1.54, 1.807) is 0 Å². The zero-order valence-corrected chi connectivity index (χ0v) is 44.1. The molecule has 4 aromatic rings. The van der Waals surface area contributed by atoms with Gasteiger partial charge in [-0.25, -0.2) is 42.1 Å². The molecule has 0 aliphatic carbocycles. The SMILES string of the molecule is O=S(=O)([O-])O.O=S(=O)([O-])O.[CH2-]CS(=O)(=O)c1ccc(N=Nc2c(NCS(=O)(=O)[O-])ccc3c(O)c(N=Nc4ccc(S(=O)(=O)C[CH2-])cc4O)[c-]cc23)cc1.[Cu].[Na+].[Na+].[Na+].[Na+]. The van der Waals surface area contributed by atoms with Crippen molar-refractivity contribution in [3.63, 3.8) is 0 Å². The molecule has 59 heavy (non-hydrogen) atoms. The fraction of sp³-hybridized carbons (Fsp3) is 0.111. The van der Waals surface area contributed by atoms with E-state index in [0.717, 1.165) is 6.07 Å². The van der Waals surface area contributed by atoms with E-state index in [1.807, 2.05) is 0 Å². The van der Waals surface area contributed by atoms with E-state index in [0.29, 0.717) is 0 Å². The molecular weight excluding hydrogens is 982 g/mol. The topological polar surface area (TPSA) is 382 Å². The van der Waals surface area contributed by atoms with Gasteiger partial charge in [0.2, 0.25) is 20.8 Å². The third-order valence-electron chi connectivity index (χ3n) is 6.05. The first-order valence-corrected chi connectivity index (χ1v) is 21.3. The Hall–Kier alpha value is -0.191. The van der Waals surface area contributed by atoms with Crippen LogP contribution in [0, 0.1) is 19.9 Å². The number of nitrogens with zero attached hydrogens (tertiary/aromatic N) is 4. The molecule has 32 heteroatoms. The van der Waals surface area contributed by atoms with Crippen LogP contribution in [0.4, 0.5) is 28.4 Å². The fourth-order valence-electron chi connectivity index (χ4n) is 3.74. The summed E-state index contributed by atoms with van der Waals surface area (Å²) < 4.78 is 147. The van der Waals surface area contributed by atoms with Gasteiger partial charge in [0, 0.05) is 34.6 Å². The minimum Gasteiger partial charge on any atom is -0.747 e. The molecule has 0 spiro atoms. The molecule has 0 aromatic heterocycles. The van der Waals surface area contributed by atoms with Crippen LogP contribution in [0.3, 0.4) is 0 Å². The van der Waals surface area contributed by atoms with Gasteiger partial charge in [0.25, 0.3) is 0 Å². The van der Waals surface area contributed by atoms with Crippen molar-refractivity contribution in [3.8, 4) is 11.5 Å². The molecule has 5 N–H and O–H groups in total. The maximum Gasteiger partial charge on any atom is 1.00 e. The summed E-state index contributed by atoms with van der Waals surface area (Å²) >= 11 is 0. The van der Waals surface area contributed by atoms with Crippen LogP contribution in [-0.2, 0) is 67.7 Å². The van der Waals surface area contributed by atoms with Crippen molar-refractivity contribution in [3.05, 3.63) is 80.6 Å². The van der Waals surface area contributed by atoms with Gasteiger partial charge in [-0.3, -0.25) is 9.11 Å². The number of hydrogen-bond acceptors (Lipinski definition) is 20. The molecular formula is C27H25CuN5Na4O17S5-2. The first-order chi connectivity index (χ1) is 24.6. The van der Waals surface area contributed by atoms with Crippen molar-refractivity contribution in [1.82, 2.24) is 0 Å². The molecule has 0 aliphatic heterocycles. The summed E-state index contributed by atoms with van der Waals surface area (Å²) in [7, 11) is -21.7. The number of hydrogen-bond donors (Lipinski definition) is 5. The van der Waals surface area contributed by atoms with Gasteiger partial charge in [0.05, 0.1) is 26.9 Å². The number of aromatic hydroxyl groups is 2. The molecule has 0 heterocycles. The van der Waals surface area contributed by atoms with Gasteiger partial charge in [0.15, 0.2) is 19.7 Å². The molecule has 0 saturated carbocycles. The van der Waals surface area contributed by atoms with Gasteiger partial charge in [-0.1, -0.05) is 28.3 Å². The molecule has 22 nitrogen and oxygen atoms in total. The Morgan fingerprint density at radius 2 is 1.12 bits per heavy atom. The third-order valence-corrected chi connectivity index (χ3v) is 9.59. The summed E-state index contributed by atoms with van der Waals surface area (Å²) in [4.78, 5) is -0.118. The smallest absolute Gasteiger partial charge is 0.747 e. The minimum atomic E-state index is -4.92. The van der Waals surface area contributed by atoms with Crippen molar-refractivity contribution in [1.29, 1.82) is 0 Å². The summed E-state index contributed by atoms with van der Waals surface area (Å²) in [5, 5.41) is 40.0. The van der Waals surface area contributed by atoms with Crippen molar-refractivity contribution in [2.45, 2.75) is 9.79 Å². The Kier molecular flexibility index (Phi) is 30.9. The normalized spacial score (nSPS) is 11.5. The number of azo groups is 2. The molecule has 4 aromatic carbocycles. The molecule has 0 atom stereocenters. The van der Waals surface area contributed by atoms with E-state index in [1.165, 1.54) is 54.6 Å². The Labute approximate surface area is 438 Å². The molecule has 1 radical (unpaired) electrons. The Morgan fingerprint density at radius 1 is 0.644 bits per heavy atom. The predicted molar refractivity (Wildman–Crippen MR) is 185 cm³/mol. The number of rotatable bonds is 11. The standard InChI is InChI=1S/C27H24N5O9S3.Cu.4Na.2H2O4S/c1-3-42(35,36)18-7-5-17(6-8-18)29-32-26-20-10-14-24(27(34)21(20)11-13-23(26)28-16-44(39,40)41)31-30-22-12-9-19(15-25(22)33)43(37,38)4-2;;;;;;2*1-5(2,3)4/h5-13,15,28,33-34H,1-4,16H2,(H,39,40,41);;;;;;2*(H2,1,2,3,4)/q-3;;4*+1;;/p-3. The summed E-state index contributed by atoms with van der Waals surface area (Å²) in [5.74, 6) is -2.63. The molecule has 0 unspecified atom stereocenters. The van der Waals surface area contributed by atoms with Crippen LogP contribution in [0.2, 0.25) is 0 Å². The van der Waals surface area contributed by atoms with Crippen LogP contribution in [0.5, 0.6) is 11.5 Å².